The largest absolute Gasteiger partial charge is 0.340 e. The monoisotopic (exact) mass is 260 g/mol. The fourth-order valence-corrected chi connectivity index (χ4v) is 2.49. The van der Waals surface area contributed by atoms with E-state index >= 15 is 0 Å². The summed E-state index contributed by atoms with van der Waals surface area (Å²) >= 11 is 0. The zero-order valence-electron chi connectivity index (χ0n) is 12.0. The number of amides is 1. The molecule has 0 atom stereocenters. The van der Waals surface area contributed by atoms with Crippen molar-refractivity contribution in [1.82, 2.24) is 9.80 Å². The van der Waals surface area contributed by atoms with Crippen LogP contribution in [0.25, 0.3) is 0 Å². The van der Waals surface area contributed by atoms with Gasteiger partial charge in [-0.3, -0.25) is 9.69 Å². The van der Waals surface area contributed by atoms with Crippen molar-refractivity contribution in [2.75, 3.05) is 32.7 Å². The zero-order chi connectivity index (χ0) is 13.7. The molecule has 0 radical (unpaired) electrons. The van der Waals surface area contributed by atoms with Gasteiger partial charge in [-0.05, 0) is 12.0 Å². The molecule has 1 heterocycles. The Balaban J connectivity index is 1.73. The summed E-state index contributed by atoms with van der Waals surface area (Å²) in [6.07, 6.45) is 1.10. The van der Waals surface area contributed by atoms with Crippen LogP contribution in [0.4, 0.5) is 0 Å². The second kappa shape index (κ2) is 6.71. The third-order valence-corrected chi connectivity index (χ3v) is 3.74. The Morgan fingerprint density at radius 1 is 1.11 bits per heavy atom. The Morgan fingerprint density at radius 3 is 2.32 bits per heavy atom. The summed E-state index contributed by atoms with van der Waals surface area (Å²) < 4.78 is 0. The molecule has 1 saturated heterocycles. The van der Waals surface area contributed by atoms with E-state index in [4.69, 9.17) is 0 Å². The summed E-state index contributed by atoms with van der Waals surface area (Å²) in [7, 11) is 0. The van der Waals surface area contributed by atoms with Gasteiger partial charge in [-0.25, -0.2) is 0 Å². The van der Waals surface area contributed by atoms with Gasteiger partial charge in [0, 0.05) is 38.6 Å². The van der Waals surface area contributed by atoms with Crippen LogP contribution in [-0.4, -0.2) is 48.4 Å². The molecule has 1 aromatic carbocycles. The van der Waals surface area contributed by atoms with E-state index in [0.717, 1.165) is 39.1 Å². The molecule has 0 aromatic heterocycles. The van der Waals surface area contributed by atoms with Gasteiger partial charge in [0.1, 0.15) is 0 Å². The fraction of sp³-hybridized carbons (Fsp3) is 0.562. The first kappa shape index (κ1) is 14.1. The molecular weight excluding hydrogens is 236 g/mol. The van der Waals surface area contributed by atoms with Crippen molar-refractivity contribution in [2.24, 2.45) is 5.92 Å². The molecule has 0 saturated carbocycles. The molecule has 1 aromatic rings. The first-order valence-corrected chi connectivity index (χ1v) is 7.22. The number of rotatable bonds is 4. The van der Waals surface area contributed by atoms with Gasteiger partial charge in [-0.15, -0.1) is 0 Å². The number of hydrogen-bond acceptors (Lipinski definition) is 2. The highest BCUT2D eigenvalue weighted by Gasteiger charge is 2.22. The first-order chi connectivity index (χ1) is 9.16. The molecule has 1 aliphatic heterocycles. The number of carbonyl (C=O) groups excluding carboxylic acids is 1. The van der Waals surface area contributed by atoms with Gasteiger partial charge < -0.3 is 4.90 Å². The topological polar surface area (TPSA) is 23.6 Å². The van der Waals surface area contributed by atoms with E-state index < -0.39 is 0 Å². The quantitative estimate of drug-likeness (QED) is 0.827. The Bertz CT molecular complexity index is 394. The maximum absolute atomic E-state index is 11.9. The molecule has 0 N–H and O–H groups in total. The minimum absolute atomic E-state index is 0.121. The predicted octanol–water partition coefficient (Wildman–Crippen LogP) is 2.03. The number of carbonyl (C=O) groups is 1. The normalized spacial score (nSPS) is 16.9. The lowest BCUT2D eigenvalue weighted by Crippen LogP contribution is -2.50. The molecule has 3 heteroatoms. The standard InChI is InChI=1S/C16H24N2O/c1-14(2)16(19)18-12-10-17(11-13-18)9-8-15-6-4-3-5-7-15/h3-7,14H,8-13H2,1-2H3. The van der Waals surface area contributed by atoms with Gasteiger partial charge in [-0.1, -0.05) is 44.2 Å². The van der Waals surface area contributed by atoms with Crippen molar-refractivity contribution >= 4 is 5.91 Å². The van der Waals surface area contributed by atoms with Crippen LogP contribution in [0, 0.1) is 5.92 Å². The van der Waals surface area contributed by atoms with Crippen LogP contribution in [0.2, 0.25) is 0 Å². The van der Waals surface area contributed by atoms with Gasteiger partial charge in [-0.2, -0.15) is 0 Å². The fourth-order valence-electron chi connectivity index (χ4n) is 2.49. The molecule has 0 spiro atoms. The van der Waals surface area contributed by atoms with Gasteiger partial charge in [0.25, 0.3) is 0 Å². The zero-order valence-corrected chi connectivity index (χ0v) is 12.0. The molecule has 3 nitrogen and oxygen atoms in total. The van der Waals surface area contributed by atoms with Crippen LogP contribution in [0.3, 0.4) is 0 Å². The van der Waals surface area contributed by atoms with Gasteiger partial charge in [0.15, 0.2) is 0 Å². The summed E-state index contributed by atoms with van der Waals surface area (Å²) in [5, 5.41) is 0. The van der Waals surface area contributed by atoms with Crippen molar-refractivity contribution < 1.29 is 4.79 Å². The molecule has 1 amide bonds. The Hall–Kier alpha value is -1.35. The van der Waals surface area contributed by atoms with E-state index in [9.17, 15) is 4.79 Å². The molecule has 2 rings (SSSR count). The smallest absolute Gasteiger partial charge is 0.225 e. The first-order valence-electron chi connectivity index (χ1n) is 7.22. The van der Waals surface area contributed by atoms with Crippen molar-refractivity contribution in [3.63, 3.8) is 0 Å². The maximum atomic E-state index is 11.9. The average molecular weight is 260 g/mol. The van der Waals surface area contributed by atoms with Gasteiger partial charge in [0.2, 0.25) is 5.91 Å². The number of benzene rings is 1. The summed E-state index contributed by atoms with van der Waals surface area (Å²) in [6.45, 7) is 8.82. The van der Waals surface area contributed by atoms with Crippen LogP contribution in [0.15, 0.2) is 30.3 Å². The van der Waals surface area contributed by atoms with Gasteiger partial charge in [0.05, 0.1) is 0 Å². The second-order valence-corrected chi connectivity index (χ2v) is 5.56. The lowest BCUT2D eigenvalue weighted by atomic mass is 10.1. The summed E-state index contributed by atoms with van der Waals surface area (Å²) in [5.41, 5.74) is 1.39. The molecule has 0 bridgehead atoms. The molecule has 19 heavy (non-hydrogen) atoms. The SMILES string of the molecule is CC(C)C(=O)N1CCN(CCc2ccccc2)CC1. The van der Waals surface area contributed by atoms with Gasteiger partial charge >= 0.3 is 0 Å². The lowest BCUT2D eigenvalue weighted by Gasteiger charge is -2.35. The van der Waals surface area contributed by atoms with E-state index in [1.807, 2.05) is 18.7 Å². The van der Waals surface area contributed by atoms with Crippen molar-refractivity contribution in [2.45, 2.75) is 20.3 Å². The van der Waals surface area contributed by atoms with Crippen LogP contribution < -0.4 is 0 Å². The minimum Gasteiger partial charge on any atom is -0.340 e. The van der Waals surface area contributed by atoms with E-state index in [0.29, 0.717) is 5.91 Å². The molecular formula is C16H24N2O. The van der Waals surface area contributed by atoms with Crippen molar-refractivity contribution in [3.05, 3.63) is 35.9 Å². The third-order valence-electron chi connectivity index (χ3n) is 3.74. The van der Waals surface area contributed by atoms with E-state index in [1.54, 1.807) is 0 Å². The molecule has 0 unspecified atom stereocenters. The number of nitrogens with zero attached hydrogens (tertiary/aromatic N) is 2. The molecule has 104 valence electrons. The maximum Gasteiger partial charge on any atom is 0.225 e. The van der Waals surface area contributed by atoms with E-state index in [1.165, 1.54) is 5.56 Å². The predicted molar refractivity (Wildman–Crippen MR) is 78.0 cm³/mol. The van der Waals surface area contributed by atoms with E-state index in [-0.39, 0.29) is 5.92 Å². The third kappa shape index (κ3) is 4.06. The average Bonchev–Trinajstić information content (AvgIpc) is 2.46. The minimum atomic E-state index is 0.121. The van der Waals surface area contributed by atoms with Crippen LogP contribution in [0.1, 0.15) is 19.4 Å². The second-order valence-electron chi connectivity index (χ2n) is 5.56. The van der Waals surface area contributed by atoms with Crippen LogP contribution in [0.5, 0.6) is 0 Å². The highest BCUT2D eigenvalue weighted by molar-refractivity contribution is 5.78. The Labute approximate surface area is 116 Å². The number of piperazine rings is 1. The van der Waals surface area contributed by atoms with Crippen molar-refractivity contribution in [1.29, 1.82) is 0 Å². The van der Waals surface area contributed by atoms with Crippen LogP contribution in [-0.2, 0) is 11.2 Å². The summed E-state index contributed by atoms with van der Waals surface area (Å²) in [4.78, 5) is 16.4. The van der Waals surface area contributed by atoms with E-state index in [2.05, 4.69) is 35.2 Å². The van der Waals surface area contributed by atoms with Crippen molar-refractivity contribution in [3.8, 4) is 0 Å². The van der Waals surface area contributed by atoms with Crippen LogP contribution >= 0.6 is 0 Å². The molecule has 1 aliphatic rings. The highest BCUT2D eigenvalue weighted by Crippen LogP contribution is 2.08. The number of hydrogen-bond donors (Lipinski definition) is 0. The Morgan fingerprint density at radius 2 is 1.74 bits per heavy atom. The highest BCUT2D eigenvalue weighted by atomic mass is 16.2. The lowest BCUT2D eigenvalue weighted by molar-refractivity contribution is -0.136. The molecule has 1 fully saturated rings. The summed E-state index contributed by atoms with van der Waals surface area (Å²) in [5.74, 6) is 0.415. The molecule has 0 aliphatic carbocycles. The summed E-state index contributed by atoms with van der Waals surface area (Å²) in [6, 6.07) is 10.6. The Kier molecular flexibility index (Phi) is 4.97.